The van der Waals surface area contributed by atoms with E-state index in [2.05, 4.69) is 20.2 Å². The Morgan fingerprint density at radius 2 is 2.00 bits per heavy atom. The van der Waals surface area contributed by atoms with Gasteiger partial charge in [-0.15, -0.1) is 0 Å². The average molecular weight is 423 g/mol. The van der Waals surface area contributed by atoms with E-state index >= 15 is 0 Å². The molecule has 2 aromatic carbocycles. The van der Waals surface area contributed by atoms with Crippen LogP contribution in [0.1, 0.15) is 29.8 Å². The summed E-state index contributed by atoms with van der Waals surface area (Å²) in [5.74, 6) is 0.447. The summed E-state index contributed by atoms with van der Waals surface area (Å²) in [7, 11) is 0. The number of H-pyrrole nitrogens is 1. The number of carbonyl (C=O) groups is 1. The maximum atomic E-state index is 13.7. The summed E-state index contributed by atoms with van der Waals surface area (Å²) in [5.41, 5.74) is 1.98. The Bertz CT molecular complexity index is 1140. The molecule has 0 bridgehead atoms. The fraction of sp³-hybridized carbons (Fsp3) is 0.375. The zero-order valence-corrected chi connectivity index (χ0v) is 17.7. The summed E-state index contributed by atoms with van der Waals surface area (Å²) in [4.78, 5) is 34.4. The molecule has 1 fully saturated rings. The van der Waals surface area contributed by atoms with Gasteiger partial charge in [-0.1, -0.05) is 24.3 Å². The number of aromatic nitrogens is 2. The van der Waals surface area contributed by atoms with E-state index in [-0.39, 0.29) is 23.2 Å². The van der Waals surface area contributed by atoms with Gasteiger partial charge in [0, 0.05) is 25.4 Å². The number of fused-ring (bicyclic) bond motifs is 1. The Hall–Kier alpha value is -3.06. The molecule has 2 heterocycles. The normalized spacial score (nSPS) is 15.3. The van der Waals surface area contributed by atoms with E-state index in [1.165, 1.54) is 6.07 Å². The molecule has 0 saturated carbocycles. The molecule has 7 heteroatoms. The van der Waals surface area contributed by atoms with Crippen molar-refractivity contribution in [2.75, 3.05) is 19.6 Å². The molecule has 1 amide bonds. The molecule has 0 radical (unpaired) electrons. The van der Waals surface area contributed by atoms with E-state index < -0.39 is 0 Å². The minimum atomic E-state index is -0.248. The van der Waals surface area contributed by atoms with Crippen LogP contribution in [0.2, 0.25) is 0 Å². The number of piperidine rings is 1. The van der Waals surface area contributed by atoms with Gasteiger partial charge in [-0.3, -0.25) is 9.59 Å². The maximum Gasteiger partial charge on any atom is 0.258 e. The van der Waals surface area contributed by atoms with E-state index in [4.69, 9.17) is 0 Å². The number of para-hydroxylation sites is 1. The molecule has 6 nitrogen and oxygen atoms in total. The van der Waals surface area contributed by atoms with Crippen molar-refractivity contribution < 1.29 is 9.18 Å². The first-order valence-electron chi connectivity index (χ1n) is 10.7. The van der Waals surface area contributed by atoms with Gasteiger partial charge in [-0.05, 0) is 62.2 Å². The first-order valence-corrected chi connectivity index (χ1v) is 10.7. The minimum absolute atomic E-state index is 0.0230. The van der Waals surface area contributed by atoms with Crippen molar-refractivity contribution in [1.29, 1.82) is 0 Å². The van der Waals surface area contributed by atoms with Gasteiger partial charge in [-0.2, -0.15) is 0 Å². The summed E-state index contributed by atoms with van der Waals surface area (Å²) in [6.45, 7) is 4.51. The maximum absolute atomic E-state index is 13.7. The second-order valence-electron chi connectivity index (χ2n) is 8.20. The molecule has 1 saturated heterocycles. The van der Waals surface area contributed by atoms with Gasteiger partial charge < -0.3 is 15.2 Å². The zero-order chi connectivity index (χ0) is 21.8. The molecular weight excluding hydrogens is 395 g/mol. The van der Waals surface area contributed by atoms with Gasteiger partial charge in [0.2, 0.25) is 5.91 Å². The van der Waals surface area contributed by atoms with Crippen molar-refractivity contribution >= 4 is 16.8 Å². The highest BCUT2D eigenvalue weighted by molar-refractivity contribution is 5.78. The number of nitrogens with zero attached hydrogens (tertiary/aromatic N) is 2. The van der Waals surface area contributed by atoms with Gasteiger partial charge in [-0.25, -0.2) is 9.37 Å². The fourth-order valence-corrected chi connectivity index (χ4v) is 4.02. The van der Waals surface area contributed by atoms with Gasteiger partial charge in [0.15, 0.2) is 0 Å². The van der Waals surface area contributed by atoms with Crippen molar-refractivity contribution in [3.8, 4) is 0 Å². The number of likely N-dealkylation sites (tertiary alicyclic amines) is 1. The van der Waals surface area contributed by atoms with Crippen LogP contribution >= 0.6 is 0 Å². The second-order valence-corrected chi connectivity index (χ2v) is 8.20. The first kappa shape index (κ1) is 21.2. The first-order chi connectivity index (χ1) is 15.0. The lowest BCUT2D eigenvalue weighted by molar-refractivity contribution is -0.126. The Morgan fingerprint density at radius 3 is 2.77 bits per heavy atom. The van der Waals surface area contributed by atoms with Crippen LogP contribution in [0.3, 0.4) is 0 Å². The fourth-order valence-electron chi connectivity index (χ4n) is 4.02. The van der Waals surface area contributed by atoms with Crippen LogP contribution in [0.25, 0.3) is 10.9 Å². The molecule has 4 rings (SSSR count). The molecule has 0 spiro atoms. The number of carbonyl (C=O) groups excluding carboxylic acids is 1. The van der Waals surface area contributed by atoms with Gasteiger partial charge in [0.25, 0.3) is 5.56 Å². The average Bonchev–Trinajstić information content (AvgIpc) is 2.78. The van der Waals surface area contributed by atoms with Gasteiger partial charge >= 0.3 is 0 Å². The molecule has 0 atom stereocenters. The molecule has 162 valence electrons. The van der Waals surface area contributed by atoms with Crippen molar-refractivity contribution in [3.63, 3.8) is 0 Å². The van der Waals surface area contributed by atoms with Crippen molar-refractivity contribution in [2.24, 2.45) is 5.92 Å². The third-order valence-corrected chi connectivity index (χ3v) is 5.99. The highest BCUT2D eigenvalue weighted by Crippen LogP contribution is 2.18. The summed E-state index contributed by atoms with van der Waals surface area (Å²) in [6, 6.07) is 12.4. The molecule has 1 aliphatic heterocycles. The lowest BCUT2D eigenvalue weighted by Crippen LogP contribution is -2.41. The number of nitrogens with one attached hydrogen (secondary N) is 2. The molecule has 31 heavy (non-hydrogen) atoms. The predicted octanol–water partition coefficient (Wildman–Crippen LogP) is 2.94. The largest absolute Gasteiger partial charge is 0.352 e. The Balaban J connectivity index is 1.24. The van der Waals surface area contributed by atoms with Crippen LogP contribution in [0.5, 0.6) is 0 Å². The van der Waals surface area contributed by atoms with Crippen LogP contribution in [0.4, 0.5) is 4.39 Å². The van der Waals surface area contributed by atoms with Crippen LogP contribution < -0.4 is 10.9 Å². The number of halogens is 1. The Labute approximate surface area is 180 Å². The summed E-state index contributed by atoms with van der Waals surface area (Å²) >= 11 is 0. The van der Waals surface area contributed by atoms with Crippen LogP contribution in [-0.4, -0.2) is 40.4 Å². The molecule has 1 aliphatic rings. The predicted molar refractivity (Wildman–Crippen MR) is 118 cm³/mol. The Kier molecular flexibility index (Phi) is 6.42. The highest BCUT2D eigenvalue weighted by Gasteiger charge is 2.24. The second kappa shape index (κ2) is 9.39. The molecular formula is C24H27FN4O2. The monoisotopic (exact) mass is 422 g/mol. The standard InChI is InChI=1S/C24H27FN4O2/c1-16-6-7-17(14-20(16)25)15-26-23(30)18-8-11-29(12-9-18)13-10-22-27-21-5-3-2-4-19(21)24(31)28-22/h2-7,14,18H,8-13,15H2,1H3,(H,26,30)(H,27,28,31). The molecule has 3 aromatic rings. The summed E-state index contributed by atoms with van der Waals surface area (Å²) in [6.07, 6.45) is 2.24. The number of aryl methyl sites for hydroxylation is 1. The lowest BCUT2D eigenvalue weighted by atomic mass is 9.95. The minimum Gasteiger partial charge on any atom is -0.352 e. The quantitative estimate of drug-likeness (QED) is 0.640. The van der Waals surface area contributed by atoms with E-state index in [0.29, 0.717) is 35.3 Å². The van der Waals surface area contributed by atoms with Crippen LogP contribution in [0.15, 0.2) is 47.3 Å². The molecule has 0 unspecified atom stereocenters. The topological polar surface area (TPSA) is 78.1 Å². The van der Waals surface area contributed by atoms with E-state index in [1.54, 1.807) is 19.1 Å². The van der Waals surface area contributed by atoms with Crippen LogP contribution in [0, 0.1) is 18.7 Å². The number of benzene rings is 2. The number of hydrogen-bond acceptors (Lipinski definition) is 4. The van der Waals surface area contributed by atoms with E-state index in [0.717, 1.165) is 38.0 Å². The van der Waals surface area contributed by atoms with Crippen LogP contribution in [-0.2, 0) is 17.8 Å². The van der Waals surface area contributed by atoms with Gasteiger partial charge in [0.1, 0.15) is 11.6 Å². The van der Waals surface area contributed by atoms with E-state index in [9.17, 15) is 14.0 Å². The molecule has 2 N–H and O–H groups in total. The Morgan fingerprint density at radius 1 is 1.23 bits per heavy atom. The number of amides is 1. The number of hydrogen-bond donors (Lipinski definition) is 2. The van der Waals surface area contributed by atoms with E-state index in [1.807, 2.05) is 24.3 Å². The molecule has 1 aromatic heterocycles. The number of aromatic amines is 1. The third-order valence-electron chi connectivity index (χ3n) is 5.99. The summed E-state index contributed by atoms with van der Waals surface area (Å²) < 4.78 is 13.7. The lowest BCUT2D eigenvalue weighted by Gasteiger charge is -2.31. The van der Waals surface area contributed by atoms with Crippen molar-refractivity contribution in [1.82, 2.24) is 20.2 Å². The molecule has 0 aliphatic carbocycles. The SMILES string of the molecule is Cc1ccc(CNC(=O)C2CCN(CCc3nc4ccccc4c(=O)[nH]3)CC2)cc1F. The van der Waals surface area contributed by atoms with Crippen molar-refractivity contribution in [3.05, 3.63) is 75.6 Å². The zero-order valence-electron chi connectivity index (χ0n) is 17.7. The van der Waals surface area contributed by atoms with Crippen molar-refractivity contribution in [2.45, 2.75) is 32.7 Å². The number of rotatable bonds is 6. The third kappa shape index (κ3) is 5.17. The summed E-state index contributed by atoms with van der Waals surface area (Å²) in [5, 5.41) is 3.54. The van der Waals surface area contributed by atoms with Gasteiger partial charge in [0.05, 0.1) is 10.9 Å². The smallest absolute Gasteiger partial charge is 0.258 e. The highest BCUT2D eigenvalue weighted by atomic mass is 19.1.